The molecule has 20 heavy (non-hydrogen) atoms. The molecule has 0 fully saturated rings. The van der Waals surface area contributed by atoms with Crippen molar-refractivity contribution >= 4 is 17.5 Å². The molecule has 2 aromatic carbocycles. The normalized spacial score (nSPS) is 10.1. The van der Waals surface area contributed by atoms with Crippen LogP contribution in [0.25, 0.3) is 0 Å². The molecule has 0 unspecified atom stereocenters. The van der Waals surface area contributed by atoms with Gasteiger partial charge in [0, 0.05) is 11.4 Å². The Kier molecular flexibility index (Phi) is 4.57. The van der Waals surface area contributed by atoms with E-state index in [2.05, 4.69) is 10.6 Å². The van der Waals surface area contributed by atoms with E-state index in [1.54, 1.807) is 12.1 Å². The van der Waals surface area contributed by atoms with Gasteiger partial charge < -0.3 is 15.5 Å². The standard InChI is InChI=1S/C15H16N2O3/c18-10-16-13-5-1-11(2-6-13)9-12-3-7-14(8-4-12)17-15(19)20/h1-8,16-18H,9-10H2,(H,19,20). The first-order valence-corrected chi connectivity index (χ1v) is 6.20. The van der Waals surface area contributed by atoms with Gasteiger partial charge in [0.15, 0.2) is 0 Å². The summed E-state index contributed by atoms with van der Waals surface area (Å²) in [6.45, 7) is -0.0859. The average Bonchev–Trinajstić information content (AvgIpc) is 2.43. The molecule has 0 heterocycles. The Balaban J connectivity index is 2.00. The minimum Gasteiger partial charge on any atom is -0.465 e. The van der Waals surface area contributed by atoms with Crippen molar-refractivity contribution in [2.24, 2.45) is 0 Å². The molecule has 0 aromatic heterocycles. The summed E-state index contributed by atoms with van der Waals surface area (Å²) in [5.41, 5.74) is 3.68. The molecule has 0 saturated heterocycles. The van der Waals surface area contributed by atoms with Crippen molar-refractivity contribution in [3.63, 3.8) is 0 Å². The third-order valence-corrected chi connectivity index (χ3v) is 2.85. The third-order valence-electron chi connectivity index (χ3n) is 2.85. The van der Waals surface area contributed by atoms with E-state index in [0.29, 0.717) is 5.69 Å². The lowest BCUT2D eigenvalue weighted by Crippen LogP contribution is -2.06. The van der Waals surface area contributed by atoms with Crippen molar-refractivity contribution in [3.8, 4) is 0 Å². The summed E-state index contributed by atoms with van der Waals surface area (Å²) in [6.07, 6.45) is -0.294. The van der Waals surface area contributed by atoms with E-state index in [9.17, 15) is 4.79 Å². The molecule has 2 aromatic rings. The van der Waals surface area contributed by atoms with E-state index in [-0.39, 0.29) is 6.73 Å². The maximum absolute atomic E-state index is 10.5. The topological polar surface area (TPSA) is 81.6 Å². The van der Waals surface area contributed by atoms with E-state index in [4.69, 9.17) is 10.2 Å². The maximum atomic E-state index is 10.5. The Morgan fingerprint density at radius 2 is 1.40 bits per heavy atom. The SMILES string of the molecule is O=C(O)Nc1ccc(Cc2ccc(NCO)cc2)cc1. The zero-order valence-corrected chi connectivity index (χ0v) is 10.8. The van der Waals surface area contributed by atoms with Gasteiger partial charge in [0.25, 0.3) is 0 Å². The predicted octanol–water partition coefficient (Wildman–Crippen LogP) is 2.73. The molecule has 0 spiro atoms. The van der Waals surface area contributed by atoms with E-state index >= 15 is 0 Å². The molecule has 0 aliphatic carbocycles. The molecule has 1 amide bonds. The lowest BCUT2D eigenvalue weighted by atomic mass is 10.0. The minimum absolute atomic E-state index is 0.0859. The van der Waals surface area contributed by atoms with Crippen LogP contribution in [0.1, 0.15) is 11.1 Å². The maximum Gasteiger partial charge on any atom is 0.409 e. The number of carbonyl (C=O) groups is 1. The number of benzene rings is 2. The number of carboxylic acid groups (broad SMARTS) is 1. The molecule has 0 aliphatic rings. The molecule has 0 atom stereocenters. The number of aliphatic hydroxyl groups excluding tert-OH is 1. The molecule has 5 heteroatoms. The molecule has 0 bridgehead atoms. The fourth-order valence-corrected chi connectivity index (χ4v) is 1.90. The van der Waals surface area contributed by atoms with Crippen LogP contribution in [-0.2, 0) is 6.42 Å². The van der Waals surface area contributed by atoms with Gasteiger partial charge in [-0.3, -0.25) is 5.32 Å². The number of aliphatic hydroxyl groups is 1. The molecular weight excluding hydrogens is 256 g/mol. The van der Waals surface area contributed by atoms with E-state index < -0.39 is 6.09 Å². The second-order valence-electron chi connectivity index (χ2n) is 4.34. The van der Waals surface area contributed by atoms with Crippen LogP contribution < -0.4 is 10.6 Å². The zero-order valence-electron chi connectivity index (χ0n) is 10.8. The number of hydrogen-bond donors (Lipinski definition) is 4. The Bertz CT molecular complexity index is 565. The highest BCUT2D eigenvalue weighted by molar-refractivity contribution is 5.82. The zero-order chi connectivity index (χ0) is 14.4. The molecular formula is C15H16N2O3. The third kappa shape index (κ3) is 4.00. The summed E-state index contributed by atoms with van der Waals surface area (Å²) in [7, 11) is 0. The van der Waals surface area contributed by atoms with E-state index in [1.807, 2.05) is 36.4 Å². The number of rotatable bonds is 5. The van der Waals surface area contributed by atoms with Crippen LogP contribution >= 0.6 is 0 Å². The van der Waals surface area contributed by atoms with Gasteiger partial charge in [-0.25, -0.2) is 4.79 Å². The molecule has 0 radical (unpaired) electrons. The first kappa shape index (κ1) is 13.9. The lowest BCUT2D eigenvalue weighted by molar-refractivity contribution is 0.209. The van der Waals surface area contributed by atoms with Gasteiger partial charge >= 0.3 is 6.09 Å². The Hall–Kier alpha value is -2.53. The Morgan fingerprint density at radius 3 is 1.85 bits per heavy atom. The molecule has 0 aliphatic heterocycles. The average molecular weight is 272 g/mol. The fraction of sp³-hybridized carbons (Fsp3) is 0.133. The van der Waals surface area contributed by atoms with Crippen molar-refractivity contribution in [1.29, 1.82) is 0 Å². The smallest absolute Gasteiger partial charge is 0.409 e. The Morgan fingerprint density at radius 1 is 0.900 bits per heavy atom. The van der Waals surface area contributed by atoms with Gasteiger partial charge in [0.05, 0.1) is 0 Å². The predicted molar refractivity (Wildman–Crippen MR) is 78.0 cm³/mol. The quantitative estimate of drug-likeness (QED) is 0.631. The highest BCUT2D eigenvalue weighted by Gasteiger charge is 2.00. The lowest BCUT2D eigenvalue weighted by Gasteiger charge is -2.06. The first-order chi connectivity index (χ1) is 9.67. The van der Waals surface area contributed by atoms with Gasteiger partial charge in [-0.15, -0.1) is 0 Å². The van der Waals surface area contributed by atoms with Gasteiger partial charge in [0.2, 0.25) is 0 Å². The molecule has 4 N–H and O–H groups in total. The number of amides is 1. The number of hydrogen-bond acceptors (Lipinski definition) is 3. The van der Waals surface area contributed by atoms with Crippen molar-refractivity contribution in [1.82, 2.24) is 0 Å². The Labute approximate surface area is 116 Å². The monoisotopic (exact) mass is 272 g/mol. The van der Waals surface area contributed by atoms with Crippen LogP contribution in [0.3, 0.4) is 0 Å². The molecule has 104 valence electrons. The van der Waals surface area contributed by atoms with Crippen LogP contribution in [-0.4, -0.2) is 23.0 Å². The summed E-state index contributed by atoms with van der Waals surface area (Å²) in [5.74, 6) is 0. The second kappa shape index (κ2) is 6.58. The summed E-state index contributed by atoms with van der Waals surface area (Å²) < 4.78 is 0. The van der Waals surface area contributed by atoms with Crippen LogP contribution in [0.5, 0.6) is 0 Å². The van der Waals surface area contributed by atoms with Gasteiger partial charge in [-0.1, -0.05) is 24.3 Å². The number of anilines is 2. The van der Waals surface area contributed by atoms with E-state index in [1.165, 1.54) is 0 Å². The highest BCUT2D eigenvalue weighted by Crippen LogP contribution is 2.15. The minimum atomic E-state index is -1.07. The molecule has 2 rings (SSSR count). The van der Waals surface area contributed by atoms with Gasteiger partial charge in [0.1, 0.15) is 6.73 Å². The fourth-order valence-electron chi connectivity index (χ4n) is 1.90. The largest absolute Gasteiger partial charge is 0.465 e. The summed E-state index contributed by atoms with van der Waals surface area (Å²) in [5, 5.41) is 22.5. The van der Waals surface area contributed by atoms with Crippen LogP contribution in [0, 0.1) is 0 Å². The van der Waals surface area contributed by atoms with Gasteiger partial charge in [-0.05, 0) is 41.8 Å². The summed E-state index contributed by atoms with van der Waals surface area (Å²) in [6, 6.07) is 15.1. The van der Waals surface area contributed by atoms with Crippen molar-refractivity contribution in [2.45, 2.75) is 6.42 Å². The summed E-state index contributed by atoms with van der Waals surface area (Å²) in [4.78, 5) is 10.5. The molecule has 0 saturated carbocycles. The van der Waals surface area contributed by atoms with Crippen molar-refractivity contribution in [3.05, 3.63) is 59.7 Å². The van der Waals surface area contributed by atoms with E-state index in [0.717, 1.165) is 23.2 Å². The van der Waals surface area contributed by atoms with Crippen LogP contribution in [0.15, 0.2) is 48.5 Å². The second-order valence-corrected chi connectivity index (χ2v) is 4.34. The van der Waals surface area contributed by atoms with Crippen LogP contribution in [0.4, 0.5) is 16.2 Å². The van der Waals surface area contributed by atoms with Crippen LogP contribution in [0.2, 0.25) is 0 Å². The van der Waals surface area contributed by atoms with Crippen molar-refractivity contribution < 1.29 is 15.0 Å². The molecule has 5 nitrogen and oxygen atoms in total. The number of nitrogens with one attached hydrogen (secondary N) is 2. The van der Waals surface area contributed by atoms with Crippen molar-refractivity contribution in [2.75, 3.05) is 17.4 Å². The highest BCUT2D eigenvalue weighted by atomic mass is 16.4. The first-order valence-electron chi connectivity index (χ1n) is 6.20. The summed E-state index contributed by atoms with van der Waals surface area (Å²) >= 11 is 0. The van der Waals surface area contributed by atoms with Gasteiger partial charge in [-0.2, -0.15) is 0 Å².